The molecule has 0 atom stereocenters. The fourth-order valence-electron chi connectivity index (χ4n) is 2.41. The monoisotopic (exact) mass is 453 g/mol. The van der Waals surface area contributed by atoms with E-state index in [4.69, 9.17) is 0 Å². The molecule has 0 aliphatic heterocycles. The Balaban J connectivity index is 1.65. The Morgan fingerprint density at radius 2 is 1.66 bits per heavy atom. The molecule has 4 N–H and O–H groups in total. The van der Waals surface area contributed by atoms with Gasteiger partial charge in [0.2, 0.25) is 0 Å². The van der Waals surface area contributed by atoms with Crippen LogP contribution in [0.3, 0.4) is 0 Å². The van der Waals surface area contributed by atoms with Crippen molar-refractivity contribution >= 4 is 39.6 Å². The number of halogens is 1. The Labute approximate surface area is 174 Å². The molecule has 0 saturated carbocycles. The van der Waals surface area contributed by atoms with Crippen molar-refractivity contribution in [2.24, 2.45) is 5.10 Å². The normalized spacial score (nSPS) is 10.7. The number of phenols is 2. The van der Waals surface area contributed by atoms with Crippen molar-refractivity contribution in [1.29, 1.82) is 0 Å². The van der Waals surface area contributed by atoms with Crippen LogP contribution in [0.1, 0.15) is 26.3 Å². The lowest BCUT2D eigenvalue weighted by atomic mass is 10.1. The molecule has 0 aromatic heterocycles. The number of nitrogens with one attached hydrogen (secondary N) is 2. The fourth-order valence-corrected chi connectivity index (χ4v) is 2.67. The first kappa shape index (κ1) is 20.1. The Kier molecular flexibility index (Phi) is 6.25. The van der Waals surface area contributed by atoms with E-state index < -0.39 is 5.91 Å². The molecule has 0 radical (unpaired) electrons. The van der Waals surface area contributed by atoms with E-state index >= 15 is 0 Å². The van der Waals surface area contributed by atoms with Crippen LogP contribution in [0.25, 0.3) is 0 Å². The van der Waals surface area contributed by atoms with Crippen LogP contribution in [-0.4, -0.2) is 28.2 Å². The number of carbonyl (C=O) groups is 2. The van der Waals surface area contributed by atoms with Crippen LogP contribution in [0.15, 0.2) is 76.3 Å². The van der Waals surface area contributed by atoms with Crippen molar-refractivity contribution in [3.05, 3.63) is 87.9 Å². The molecule has 0 bridgehead atoms. The van der Waals surface area contributed by atoms with Gasteiger partial charge < -0.3 is 15.5 Å². The number of benzene rings is 3. The first-order valence-electron chi connectivity index (χ1n) is 8.45. The number of anilines is 1. The Morgan fingerprint density at radius 3 is 2.38 bits per heavy atom. The second-order valence-electron chi connectivity index (χ2n) is 5.98. The summed E-state index contributed by atoms with van der Waals surface area (Å²) in [4.78, 5) is 24.6. The van der Waals surface area contributed by atoms with Crippen LogP contribution < -0.4 is 10.7 Å². The summed E-state index contributed by atoms with van der Waals surface area (Å²) >= 11 is 3.32. The van der Waals surface area contributed by atoms with Gasteiger partial charge in [0.25, 0.3) is 11.8 Å². The van der Waals surface area contributed by atoms with Crippen molar-refractivity contribution in [1.82, 2.24) is 5.43 Å². The zero-order chi connectivity index (χ0) is 20.8. The van der Waals surface area contributed by atoms with Crippen LogP contribution in [0.4, 0.5) is 5.69 Å². The average Bonchev–Trinajstić information content (AvgIpc) is 2.70. The highest BCUT2D eigenvalue weighted by Crippen LogP contribution is 2.20. The lowest BCUT2D eigenvalue weighted by Gasteiger charge is -2.07. The maximum absolute atomic E-state index is 12.3. The summed E-state index contributed by atoms with van der Waals surface area (Å²) in [6, 6.07) is 17.3. The molecule has 0 unspecified atom stereocenters. The minimum absolute atomic E-state index is 0.0781. The summed E-state index contributed by atoms with van der Waals surface area (Å²) in [6.45, 7) is 0. The van der Waals surface area contributed by atoms with Crippen LogP contribution in [0.5, 0.6) is 11.5 Å². The number of rotatable bonds is 5. The molecule has 3 aromatic rings. The number of carbonyl (C=O) groups excluding carboxylic acids is 2. The van der Waals surface area contributed by atoms with E-state index in [0.717, 1.165) is 4.47 Å². The number of hydrogen-bond donors (Lipinski definition) is 4. The second kappa shape index (κ2) is 9.03. The molecule has 2 amide bonds. The summed E-state index contributed by atoms with van der Waals surface area (Å²) in [7, 11) is 0. The smallest absolute Gasteiger partial charge is 0.271 e. The van der Waals surface area contributed by atoms with Gasteiger partial charge in [-0.15, -0.1) is 0 Å². The molecule has 3 aromatic carbocycles. The highest BCUT2D eigenvalue weighted by atomic mass is 79.9. The minimum Gasteiger partial charge on any atom is -0.508 e. The molecule has 0 aliphatic rings. The van der Waals surface area contributed by atoms with Crippen molar-refractivity contribution in [3.8, 4) is 11.5 Å². The number of phenolic OH excluding ortho intramolecular Hbond substituents is 2. The standard InChI is InChI=1S/C21H16BrN3O4/c22-16-7-4-13(5-8-16)20(28)24-17-3-1-2-14(10-17)21(29)25-23-12-15-6-9-18(26)11-19(15)27/h1-12,26-27H,(H,24,28)(H,25,29)/b23-12-. The molecule has 0 spiro atoms. The van der Waals surface area contributed by atoms with Gasteiger partial charge in [0, 0.05) is 32.9 Å². The largest absolute Gasteiger partial charge is 0.508 e. The number of amides is 2. The van der Waals surface area contributed by atoms with Crippen LogP contribution >= 0.6 is 15.9 Å². The van der Waals surface area contributed by atoms with Crippen LogP contribution in [0, 0.1) is 0 Å². The summed E-state index contributed by atoms with van der Waals surface area (Å²) in [5.74, 6) is -1.03. The number of nitrogens with zero attached hydrogens (tertiary/aromatic N) is 1. The Bertz CT molecular complexity index is 1080. The van der Waals surface area contributed by atoms with E-state index in [0.29, 0.717) is 22.4 Å². The molecule has 3 rings (SSSR count). The summed E-state index contributed by atoms with van der Waals surface area (Å²) in [5.41, 5.74) is 3.93. The zero-order valence-electron chi connectivity index (χ0n) is 15.0. The van der Waals surface area contributed by atoms with E-state index in [-0.39, 0.29) is 17.4 Å². The van der Waals surface area contributed by atoms with Gasteiger partial charge in [-0.3, -0.25) is 9.59 Å². The van der Waals surface area contributed by atoms with Gasteiger partial charge in [-0.05, 0) is 54.6 Å². The SMILES string of the molecule is O=C(N/N=C\c1ccc(O)cc1O)c1cccc(NC(=O)c2ccc(Br)cc2)c1. The number of hydrazone groups is 1. The minimum atomic E-state index is -0.487. The van der Waals surface area contributed by atoms with Crippen LogP contribution in [0.2, 0.25) is 0 Å². The van der Waals surface area contributed by atoms with Crippen molar-refractivity contribution < 1.29 is 19.8 Å². The van der Waals surface area contributed by atoms with Gasteiger partial charge >= 0.3 is 0 Å². The lowest BCUT2D eigenvalue weighted by Crippen LogP contribution is -2.18. The third-order valence-electron chi connectivity index (χ3n) is 3.87. The molecule has 146 valence electrons. The number of hydrogen-bond acceptors (Lipinski definition) is 5. The van der Waals surface area contributed by atoms with Gasteiger partial charge in [-0.25, -0.2) is 5.43 Å². The molecule has 0 saturated heterocycles. The molecule has 0 fully saturated rings. The topological polar surface area (TPSA) is 111 Å². The van der Waals surface area contributed by atoms with E-state index in [1.807, 2.05) is 0 Å². The van der Waals surface area contributed by atoms with E-state index in [1.54, 1.807) is 42.5 Å². The first-order chi connectivity index (χ1) is 13.9. The van der Waals surface area contributed by atoms with Crippen molar-refractivity contribution in [2.75, 3.05) is 5.32 Å². The fraction of sp³-hybridized carbons (Fsp3) is 0. The third kappa shape index (κ3) is 5.43. The highest BCUT2D eigenvalue weighted by Gasteiger charge is 2.09. The second-order valence-corrected chi connectivity index (χ2v) is 6.90. The molecular weight excluding hydrogens is 438 g/mol. The summed E-state index contributed by atoms with van der Waals surface area (Å²) in [6.07, 6.45) is 1.26. The van der Waals surface area contributed by atoms with E-state index in [2.05, 4.69) is 31.8 Å². The summed E-state index contributed by atoms with van der Waals surface area (Å²) in [5, 5.41) is 25.5. The van der Waals surface area contributed by atoms with E-state index in [1.165, 1.54) is 30.5 Å². The predicted octanol–water partition coefficient (Wildman–Crippen LogP) is 3.88. The van der Waals surface area contributed by atoms with E-state index in [9.17, 15) is 19.8 Å². The first-order valence-corrected chi connectivity index (χ1v) is 9.24. The molecule has 8 heteroatoms. The van der Waals surface area contributed by atoms with Gasteiger partial charge in [0.05, 0.1) is 6.21 Å². The zero-order valence-corrected chi connectivity index (χ0v) is 16.6. The van der Waals surface area contributed by atoms with Gasteiger partial charge in [0.15, 0.2) is 0 Å². The maximum Gasteiger partial charge on any atom is 0.271 e. The molecule has 7 nitrogen and oxygen atoms in total. The molecule has 29 heavy (non-hydrogen) atoms. The summed E-state index contributed by atoms with van der Waals surface area (Å²) < 4.78 is 0.869. The van der Waals surface area contributed by atoms with Crippen molar-refractivity contribution in [3.63, 3.8) is 0 Å². The molecular formula is C21H16BrN3O4. The highest BCUT2D eigenvalue weighted by molar-refractivity contribution is 9.10. The Morgan fingerprint density at radius 1 is 0.897 bits per heavy atom. The predicted molar refractivity (Wildman–Crippen MR) is 113 cm³/mol. The molecule has 0 heterocycles. The third-order valence-corrected chi connectivity index (χ3v) is 4.40. The lowest BCUT2D eigenvalue weighted by molar-refractivity contribution is 0.0953. The quantitative estimate of drug-likeness (QED) is 0.347. The Hall–Kier alpha value is -3.65. The van der Waals surface area contributed by atoms with Gasteiger partial charge in [0.1, 0.15) is 11.5 Å². The van der Waals surface area contributed by atoms with Crippen molar-refractivity contribution in [2.45, 2.75) is 0 Å². The maximum atomic E-state index is 12.3. The van der Waals surface area contributed by atoms with Gasteiger partial charge in [-0.2, -0.15) is 5.10 Å². The van der Waals surface area contributed by atoms with Gasteiger partial charge in [-0.1, -0.05) is 22.0 Å². The number of aromatic hydroxyl groups is 2. The van der Waals surface area contributed by atoms with Crippen LogP contribution in [-0.2, 0) is 0 Å². The molecule has 0 aliphatic carbocycles. The average molecular weight is 454 g/mol.